The Hall–Kier alpha value is -1.23. The number of hydrogen-bond acceptors (Lipinski definition) is 4. The lowest BCUT2D eigenvalue weighted by Crippen LogP contribution is -2.53. The van der Waals surface area contributed by atoms with Gasteiger partial charge in [-0.05, 0) is 62.9 Å². The van der Waals surface area contributed by atoms with Gasteiger partial charge in [-0.15, -0.1) is 0 Å². The first-order chi connectivity index (χ1) is 11.8. The first-order valence-electron chi connectivity index (χ1n) is 9.44. The average Bonchev–Trinajstić information content (AvgIpc) is 2.88. The average molecular weight is 346 g/mol. The Morgan fingerprint density at radius 3 is 2.76 bits per heavy atom. The highest BCUT2D eigenvalue weighted by Gasteiger charge is 2.61. The second-order valence-corrected chi connectivity index (χ2v) is 8.24. The summed E-state index contributed by atoms with van der Waals surface area (Å²) in [6.07, 6.45) is 10.1. The molecule has 4 atom stereocenters. The number of Topliss-reactive ketones (excluding diaryl/α,β-unsaturated/α-hetero) is 1. The van der Waals surface area contributed by atoms with Crippen LogP contribution in [0.2, 0.25) is 0 Å². The van der Waals surface area contributed by atoms with E-state index in [4.69, 9.17) is 0 Å². The van der Waals surface area contributed by atoms with Crippen LogP contribution in [0, 0.1) is 11.3 Å². The van der Waals surface area contributed by atoms with Gasteiger partial charge in [0.1, 0.15) is 12.2 Å². The summed E-state index contributed by atoms with van der Waals surface area (Å²) in [5.74, 6) is -0.277. The summed E-state index contributed by atoms with van der Waals surface area (Å²) in [6, 6.07) is 0. The van der Waals surface area contributed by atoms with Gasteiger partial charge < -0.3 is 15.3 Å². The maximum Gasteiger partial charge on any atom is 0.190 e. The number of carbonyl (C=O) groups is 1. The third kappa shape index (κ3) is 3.05. The van der Waals surface area contributed by atoms with Crippen LogP contribution in [0.3, 0.4) is 0 Å². The fraction of sp³-hybridized carbons (Fsp3) is 0.667. The molecule has 0 aromatic heterocycles. The van der Waals surface area contributed by atoms with Crippen LogP contribution in [0.15, 0.2) is 35.5 Å². The molecular weight excluding hydrogens is 316 g/mol. The van der Waals surface area contributed by atoms with E-state index in [9.17, 15) is 20.1 Å². The molecule has 138 valence electrons. The quantitative estimate of drug-likeness (QED) is 0.734. The van der Waals surface area contributed by atoms with E-state index in [2.05, 4.69) is 18.7 Å². The second kappa shape index (κ2) is 6.82. The summed E-state index contributed by atoms with van der Waals surface area (Å²) in [4.78, 5) is 12.2. The first-order valence-corrected chi connectivity index (χ1v) is 9.44. The van der Waals surface area contributed by atoms with Crippen molar-refractivity contribution in [3.63, 3.8) is 0 Å². The smallest absolute Gasteiger partial charge is 0.190 e. The fourth-order valence-electron chi connectivity index (χ4n) is 5.24. The summed E-state index contributed by atoms with van der Waals surface area (Å²) in [5.41, 5.74) is 1.57. The lowest BCUT2D eigenvalue weighted by molar-refractivity contribution is -0.154. The summed E-state index contributed by atoms with van der Waals surface area (Å²) in [5, 5.41) is 30.2. The summed E-state index contributed by atoms with van der Waals surface area (Å²) in [6.45, 7) is 5.51. The molecule has 0 aromatic carbocycles. The van der Waals surface area contributed by atoms with Crippen molar-refractivity contribution in [3.8, 4) is 0 Å². The summed E-state index contributed by atoms with van der Waals surface area (Å²) >= 11 is 0. The number of hydrogen-bond donors (Lipinski definition) is 3. The van der Waals surface area contributed by atoms with Crippen LogP contribution in [0.25, 0.3) is 0 Å². The highest BCUT2D eigenvalue weighted by atomic mass is 16.3. The van der Waals surface area contributed by atoms with Gasteiger partial charge in [0, 0.05) is 5.41 Å². The maximum atomic E-state index is 12.2. The maximum absolute atomic E-state index is 12.2. The predicted octanol–water partition coefficient (Wildman–Crippen LogP) is 2.83. The van der Waals surface area contributed by atoms with Crippen LogP contribution >= 0.6 is 0 Å². The van der Waals surface area contributed by atoms with E-state index >= 15 is 0 Å². The first kappa shape index (κ1) is 18.6. The molecular formula is C21H30O4. The van der Waals surface area contributed by atoms with Gasteiger partial charge in [-0.1, -0.05) is 36.8 Å². The van der Waals surface area contributed by atoms with Crippen molar-refractivity contribution >= 4 is 5.78 Å². The van der Waals surface area contributed by atoms with Crippen LogP contribution in [0.4, 0.5) is 0 Å². The second-order valence-electron chi connectivity index (χ2n) is 8.24. The minimum absolute atomic E-state index is 0.167. The van der Waals surface area contributed by atoms with Crippen molar-refractivity contribution < 1.29 is 20.1 Å². The molecule has 3 N–H and O–H groups in total. The molecule has 4 nitrogen and oxygen atoms in total. The molecule has 0 unspecified atom stereocenters. The highest BCUT2D eigenvalue weighted by Crippen LogP contribution is 2.59. The predicted molar refractivity (Wildman–Crippen MR) is 96.9 cm³/mol. The Balaban J connectivity index is 1.87. The molecule has 25 heavy (non-hydrogen) atoms. The highest BCUT2D eigenvalue weighted by molar-refractivity contribution is 5.89. The van der Waals surface area contributed by atoms with Crippen molar-refractivity contribution in [3.05, 3.63) is 35.5 Å². The summed E-state index contributed by atoms with van der Waals surface area (Å²) in [7, 11) is 0. The van der Waals surface area contributed by atoms with Crippen molar-refractivity contribution in [2.45, 2.75) is 70.0 Å². The van der Waals surface area contributed by atoms with E-state index in [1.165, 1.54) is 5.57 Å². The van der Waals surface area contributed by atoms with Crippen molar-refractivity contribution in [1.29, 1.82) is 0 Å². The third-order valence-corrected chi connectivity index (χ3v) is 6.91. The normalized spacial score (nSPS) is 42.0. The molecule has 3 saturated carbocycles. The van der Waals surface area contributed by atoms with Gasteiger partial charge >= 0.3 is 0 Å². The van der Waals surface area contributed by atoms with E-state index < -0.39 is 23.4 Å². The van der Waals surface area contributed by atoms with Gasteiger partial charge in [0.15, 0.2) is 5.78 Å². The van der Waals surface area contributed by atoms with Crippen LogP contribution in [-0.4, -0.2) is 39.4 Å². The molecule has 4 heteroatoms. The molecule has 3 aliphatic carbocycles. The number of fused-ring (bicyclic) bond motifs is 1. The molecule has 0 radical (unpaired) electrons. The molecule has 0 heterocycles. The minimum atomic E-state index is -1.41. The van der Waals surface area contributed by atoms with E-state index in [-0.39, 0.29) is 12.0 Å². The van der Waals surface area contributed by atoms with Gasteiger partial charge in [0.05, 0.1) is 6.10 Å². The topological polar surface area (TPSA) is 77.8 Å². The van der Waals surface area contributed by atoms with E-state index in [0.29, 0.717) is 12.8 Å². The molecule has 0 spiro atoms. The van der Waals surface area contributed by atoms with Gasteiger partial charge in [-0.3, -0.25) is 4.79 Å². The van der Waals surface area contributed by atoms with Gasteiger partial charge in [-0.25, -0.2) is 0 Å². The number of ketones is 1. The Morgan fingerprint density at radius 2 is 2.04 bits per heavy atom. The lowest BCUT2D eigenvalue weighted by Gasteiger charge is -2.45. The number of allylic oxidation sites excluding steroid dienone is 4. The van der Waals surface area contributed by atoms with Gasteiger partial charge in [0.25, 0.3) is 0 Å². The summed E-state index contributed by atoms with van der Waals surface area (Å²) < 4.78 is 0. The standard InChI is InChI=1S/C21H30O4/c1-14-5-8-17(23)12-16(14)7-6-15-4-3-10-20(2)18(15)9-11-21(20,25)19(24)13-22/h6-7,17-18,22-23,25H,1,3-5,8-13H2,2H3/b15-6+,16-7-/t17-,18+,20+,21-/m1/s1. The van der Waals surface area contributed by atoms with Gasteiger partial charge in [-0.2, -0.15) is 0 Å². The number of aliphatic hydroxyl groups is 3. The molecule has 3 fully saturated rings. The Labute approximate surface area is 149 Å². The van der Waals surface area contributed by atoms with Crippen LogP contribution in [-0.2, 0) is 4.79 Å². The van der Waals surface area contributed by atoms with Gasteiger partial charge in [0.2, 0.25) is 0 Å². The van der Waals surface area contributed by atoms with Crippen molar-refractivity contribution in [1.82, 2.24) is 0 Å². The number of aliphatic hydroxyl groups excluding tert-OH is 2. The zero-order valence-electron chi connectivity index (χ0n) is 15.1. The van der Waals surface area contributed by atoms with Crippen LogP contribution in [0.1, 0.15) is 58.3 Å². The van der Waals surface area contributed by atoms with Crippen LogP contribution < -0.4 is 0 Å². The van der Waals surface area contributed by atoms with E-state index in [1.807, 2.05) is 6.92 Å². The molecule has 0 bridgehead atoms. The molecule has 3 rings (SSSR count). The van der Waals surface area contributed by atoms with E-state index in [1.54, 1.807) is 0 Å². The number of rotatable bonds is 3. The molecule has 0 saturated heterocycles. The number of carbonyl (C=O) groups excluding carboxylic acids is 1. The molecule has 0 aliphatic heterocycles. The Morgan fingerprint density at radius 1 is 1.28 bits per heavy atom. The minimum Gasteiger partial charge on any atom is -0.393 e. The SMILES string of the molecule is C=C1CC[C@@H](O)C/C1=C/C=C1\CCC[C@@]2(C)[C@H]1CC[C@@]2(O)C(=O)CO. The van der Waals surface area contributed by atoms with Crippen molar-refractivity contribution in [2.24, 2.45) is 11.3 Å². The zero-order chi connectivity index (χ0) is 18.2. The van der Waals surface area contributed by atoms with Crippen molar-refractivity contribution in [2.75, 3.05) is 6.61 Å². The molecule has 0 aromatic rings. The lowest BCUT2D eigenvalue weighted by atomic mass is 9.60. The molecule has 0 amide bonds. The Kier molecular flexibility index (Phi) is 5.06. The fourth-order valence-corrected chi connectivity index (χ4v) is 5.24. The monoisotopic (exact) mass is 346 g/mol. The third-order valence-electron chi connectivity index (χ3n) is 6.91. The largest absolute Gasteiger partial charge is 0.393 e. The van der Waals surface area contributed by atoms with E-state index in [0.717, 1.165) is 49.7 Å². The zero-order valence-corrected chi connectivity index (χ0v) is 15.1. The van der Waals surface area contributed by atoms with Crippen LogP contribution in [0.5, 0.6) is 0 Å². The Bertz CT molecular complexity index is 632. The molecule has 3 aliphatic rings.